The van der Waals surface area contributed by atoms with Gasteiger partial charge in [-0.15, -0.1) is 0 Å². The molecule has 6 rings (SSSR count). The monoisotopic (exact) mass is 505 g/mol. The first-order valence-corrected chi connectivity index (χ1v) is 13.8. The summed E-state index contributed by atoms with van der Waals surface area (Å²) in [6.07, 6.45) is 8.48. The average Bonchev–Trinajstić information content (AvgIpc) is 3.40. The van der Waals surface area contributed by atoms with Gasteiger partial charge in [0, 0.05) is 29.6 Å². The minimum atomic E-state index is 0.321. The molecule has 3 aromatic heterocycles. The van der Waals surface area contributed by atoms with Gasteiger partial charge >= 0.3 is 0 Å². The molecule has 0 radical (unpaired) electrons. The standard InChI is InChI=1S/C31H35N7/c1-21(2)26-20-34-38-29(26)36-30(32-18-22-10-4-3-5-11-22)37-31(38)33-19-24-13-6-8-14-25(24)28-17-16-23-12-7-9-15-27(23)35-28/h6-9,12-17,20-22H,3-5,10-11,18-19H2,1-2H3,(H2,32,33,36,37). The average molecular weight is 506 g/mol. The molecule has 5 aromatic rings. The van der Waals surface area contributed by atoms with Gasteiger partial charge in [-0.2, -0.15) is 19.6 Å². The molecule has 0 aliphatic heterocycles. The first-order chi connectivity index (χ1) is 18.7. The van der Waals surface area contributed by atoms with E-state index in [0.717, 1.165) is 45.5 Å². The lowest BCUT2D eigenvalue weighted by molar-refractivity contribution is 0.373. The van der Waals surface area contributed by atoms with Gasteiger partial charge in [0.25, 0.3) is 0 Å². The van der Waals surface area contributed by atoms with Crippen LogP contribution in [0, 0.1) is 5.92 Å². The highest BCUT2D eigenvalue weighted by Crippen LogP contribution is 2.27. The van der Waals surface area contributed by atoms with Crippen molar-refractivity contribution in [1.82, 2.24) is 24.6 Å². The molecule has 0 atom stereocenters. The fourth-order valence-electron chi connectivity index (χ4n) is 5.44. The zero-order chi connectivity index (χ0) is 25.9. The number of aromatic nitrogens is 5. The third-order valence-corrected chi connectivity index (χ3v) is 7.62. The zero-order valence-electron chi connectivity index (χ0n) is 22.2. The van der Waals surface area contributed by atoms with Gasteiger partial charge in [-0.1, -0.05) is 81.6 Å². The fraction of sp³-hybridized carbons (Fsp3) is 0.355. The number of fused-ring (bicyclic) bond motifs is 2. The van der Waals surface area contributed by atoms with Gasteiger partial charge < -0.3 is 10.6 Å². The van der Waals surface area contributed by atoms with E-state index in [0.29, 0.717) is 30.3 Å². The van der Waals surface area contributed by atoms with Crippen molar-refractivity contribution < 1.29 is 0 Å². The van der Waals surface area contributed by atoms with Gasteiger partial charge in [0.2, 0.25) is 11.9 Å². The largest absolute Gasteiger partial charge is 0.354 e. The molecular weight excluding hydrogens is 470 g/mol. The van der Waals surface area contributed by atoms with E-state index in [1.807, 2.05) is 22.8 Å². The summed E-state index contributed by atoms with van der Waals surface area (Å²) in [6, 6.07) is 20.9. The molecule has 1 saturated carbocycles. The van der Waals surface area contributed by atoms with Crippen LogP contribution in [0.25, 0.3) is 27.8 Å². The maximum Gasteiger partial charge on any atom is 0.229 e. The van der Waals surface area contributed by atoms with Gasteiger partial charge in [0.05, 0.1) is 17.4 Å². The van der Waals surface area contributed by atoms with Gasteiger partial charge in [-0.05, 0) is 42.4 Å². The summed E-state index contributed by atoms with van der Waals surface area (Å²) in [5.41, 5.74) is 6.19. The van der Waals surface area contributed by atoms with E-state index in [-0.39, 0.29) is 0 Å². The Morgan fingerprint density at radius 3 is 2.55 bits per heavy atom. The first kappa shape index (κ1) is 24.3. The van der Waals surface area contributed by atoms with Crippen LogP contribution in [0.5, 0.6) is 0 Å². The molecule has 0 amide bonds. The van der Waals surface area contributed by atoms with Gasteiger partial charge in [-0.3, -0.25) is 0 Å². The number of anilines is 2. The maximum atomic E-state index is 4.94. The second kappa shape index (κ2) is 10.8. The van der Waals surface area contributed by atoms with Crippen LogP contribution in [0.4, 0.5) is 11.9 Å². The van der Waals surface area contributed by atoms with E-state index in [1.54, 1.807) is 0 Å². The van der Waals surface area contributed by atoms with Crippen molar-refractivity contribution in [3.05, 3.63) is 78.0 Å². The Morgan fingerprint density at radius 2 is 1.68 bits per heavy atom. The summed E-state index contributed by atoms with van der Waals surface area (Å²) in [6.45, 7) is 5.86. The van der Waals surface area contributed by atoms with Crippen LogP contribution >= 0.6 is 0 Å². The lowest BCUT2D eigenvalue weighted by Crippen LogP contribution is -2.19. The molecule has 0 bridgehead atoms. The number of para-hydroxylation sites is 1. The second-order valence-corrected chi connectivity index (χ2v) is 10.6. The molecule has 0 spiro atoms. The Labute approximate surface area is 223 Å². The summed E-state index contributed by atoms with van der Waals surface area (Å²) in [4.78, 5) is 14.7. The highest BCUT2D eigenvalue weighted by molar-refractivity contribution is 5.82. The van der Waals surface area contributed by atoms with Crippen LogP contribution in [-0.2, 0) is 6.54 Å². The molecule has 1 aliphatic carbocycles. The molecule has 2 N–H and O–H groups in total. The minimum Gasteiger partial charge on any atom is -0.354 e. The normalized spacial score (nSPS) is 14.4. The van der Waals surface area contributed by atoms with Crippen molar-refractivity contribution in [2.45, 2.75) is 58.4 Å². The van der Waals surface area contributed by atoms with Gasteiger partial charge in [0.15, 0.2) is 5.65 Å². The van der Waals surface area contributed by atoms with Crippen LogP contribution in [0.1, 0.15) is 63.0 Å². The van der Waals surface area contributed by atoms with E-state index < -0.39 is 0 Å². The van der Waals surface area contributed by atoms with Gasteiger partial charge in [-0.25, -0.2) is 4.98 Å². The topological polar surface area (TPSA) is 80.0 Å². The van der Waals surface area contributed by atoms with E-state index in [4.69, 9.17) is 15.0 Å². The second-order valence-electron chi connectivity index (χ2n) is 10.6. The highest BCUT2D eigenvalue weighted by Gasteiger charge is 2.18. The number of nitrogens with one attached hydrogen (secondary N) is 2. The van der Waals surface area contributed by atoms with Crippen molar-refractivity contribution in [3.63, 3.8) is 0 Å². The van der Waals surface area contributed by atoms with Crippen molar-refractivity contribution >= 4 is 28.4 Å². The maximum absolute atomic E-state index is 4.94. The van der Waals surface area contributed by atoms with Crippen LogP contribution < -0.4 is 10.6 Å². The molecule has 3 heterocycles. The quantitative estimate of drug-likeness (QED) is 0.235. The SMILES string of the molecule is CC(C)c1cnn2c(NCc3ccccc3-c3ccc4ccccc4n3)nc(NCC3CCCCC3)nc12. The Balaban J connectivity index is 1.29. The van der Waals surface area contributed by atoms with Gasteiger partial charge in [0.1, 0.15) is 0 Å². The first-order valence-electron chi connectivity index (χ1n) is 13.8. The van der Waals surface area contributed by atoms with E-state index in [2.05, 4.69) is 78.1 Å². The molecule has 7 heteroatoms. The zero-order valence-corrected chi connectivity index (χ0v) is 22.2. The lowest BCUT2D eigenvalue weighted by Gasteiger charge is -2.22. The molecular formula is C31H35N7. The fourth-order valence-corrected chi connectivity index (χ4v) is 5.44. The smallest absolute Gasteiger partial charge is 0.229 e. The number of benzene rings is 2. The van der Waals surface area contributed by atoms with E-state index in [9.17, 15) is 0 Å². The predicted octanol–water partition coefficient (Wildman–Crippen LogP) is 7.07. The summed E-state index contributed by atoms with van der Waals surface area (Å²) in [5, 5.41) is 12.9. The molecule has 38 heavy (non-hydrogen) atoms. The number of pyridine rings is 1. The Hall–Kier alpha value is -4.00. The van der Waals surface area contributed by atoms with Crippen molar-refractivity contribution in [2.75, 3.05) is 17.2 Å². The van der Waals surface area contributed by atoms with Crippen LogP contribution in [0.15, 0.2) is 66.9 Å². The van der Waals surface area contributed by atoms with Crippen LogP contribution in [-0.4, -0.2) is 31.1 Å². The summed E-state index contributed by atoms with van der Waals surface area (Å²) >= 11 is 0. The Morgan fingerprint density at radius 1 is 0.868 bits per heavy atom. The Kier molecular flexibility index (Phi) is 6.90. The molecule has 1 aliphatic rings. The summed E-state index contributed by atoms with van der Waals surface area (Å²) in [5.74, 6) is 2.36. The van der Waals surface area contributed by atoms with Crippen molar-refractivity contribution in [1.29, 1.82) is 0 Å². The molecule has 1 fully saturated rings. The Bertz CT molecular complexity index is 1550. The third-order valence-electron chi connectivity index (χ3n) is 7.62. The highest BCUT2D eigenvalue weighted by atomic mass is 15.4. The molecule has 7 nitrogen and oxygen atoms in total. The number of rotatable bonds is 8. The summed E-state index contributed by atoms with van der Waals surface area (Å²) in [7, 11) is 0. The number of hydrogen-bond donors (Lipinski definition) is 2. The third kappa shape index (κ3) is 5.05. The number of hydrogen-bond acceptors (Lipinski definition) is 6. The summed E-state index contributed by atoms with van der Waals surface area (Å²) < 4.78 is 1.83. The van der Waals surface area contributed by atoms with Crippen molar-refractivity contribution in [2.24, 2.45) is 5.92 Å². The van der Waals surface area contributed by atoms with Crippen LogP contribution in [0.3, 0.4) is 0 Å². The van der Waals surface area contributed by atoms with Crippen molar-refractivity contribution in [3.8, 4) is 11.3 Å². The molecule has 0 unspecified atom stereocenters. The minimum absolute atomic E-state index is 0.321. The predicted molar refractivity (Wildman–Crippen MR) is 154 cm³/mol. The molecule has 2 aromatic carbocycles. The molecule has 194 valence electrons. The van der Waals surface area contributed by atoms with E-state index in [1.165, 1.54) is 32.1 Å². The van der Waals surface area contributed by atoms with E-state index >= 15 is 0 Å². The lowest BCUT2D eigenvalue weighted by atomic mass is 9.89. The van der Waals surface area contributed by atoms with Crippen LogP contribution in [0.2, 0.25) is 0 Å². The molecule has 0 saturated heterocycles. The number of nitrogens with zero attached hydrogens (tertiary/aromatic N) is 5.